The summed E-state index contributed by atoms with van der Waals surface area (Å²) in [5.41, 5.74) is 1.32. The highest BCUT2D eigenvalue weighted by molar-refractivity contribution is 6.31. The summed E-state index contributed by atoms with van der Waals surface area (Å²) >= 11 is 5.70. The van der Waals surface area contributed by atoms with Gasteiger partial charge in [-0.1, -0.05) is 29.8 Å². The summed E-state index contributed by atoms with van der Waals surface area (Å²) in [6.45, 7) is 0. The van der Waals surface area contributed by atoms with Crippen molar-refractivity contribution in [3.8, 4) is 22.9 Å². The summed E-state index contributed by atoms with van der Waals surface area (Å²) in [7, 11) is 0. The molecular formula is C21H13ClF2N4O2. The van der Waals surface area contributed by atoms with Crippen LogP contribution in [0.5, 0.6) is 0 Å². The van der Waals surface area contributed by atoms with Gasteiger partial charge in [-0.25, -0.2) is 13.6 Å². The number of carbonyl (C=O) groups is 1. The van der Waals surface area contributed by atoms with Crippen LogP contribution < -0.4 is 10.6 Å². The Labute approximate surface area is 174 Å². The average Bonchev–Trinajstić information content (AvgIpc) is 3.23. The number of nitrogens with one attached hydrogen (secondary N) is 2. The van der Waals surface area contributed by atoms with Gasteiger partial charge >= 0.3 is 6.03 Å². The number of carbonyl (C=O) groups excluding carboxylic acids is 1. The van der Waals surface area contributed by atoms with Gasteiger partial charge in [0.1, 0.15) is 11.6 Å². The molecule has 0 atom stereocenters. The minimum Gasteiger partial charge on any atom is -0.416 e. The minimum absolute atomic E-state index is 0.0271. The first-order valence-electron chi connectivity index (χ1n) is 8.71. The van der Waals surface area contributed by atoms with Gasteiger partial charge in [0.05, 0.1) is 10.6 Å². The van der Waals surface area contributed by atoms with Crippen LogP contribution in [-0.2, 0) is 0 Å². The smallest absolute Gasteiger partial charge is 0.323 e. The first kappa shape index (κ1) is 19.5. The molecule has 6 nitrogen and oxygen atoms in total. The van der Waals surface area contributed by atoms with Crippen LogP contribution in [0, 0.1) is 11.6 Å². The predicted octanol–water partition coefficient (Wildman–Crippen LogP) is 5.98. The molecule has 2 N–H and O–H groups in total. The monoisotopic (exact) mass is 426 g/mol. The fourth-order valence-electron chi connectivity index (χ4n) is 2.66. The molecule has 3 aromatic carbocycles. The second-order valence-electron chi connectivity index (χ2n) is 6.18. The number of aromatic nitrogens is 2. The van der Waals surface area contributed by atoms with Crippen molar-refractivity contribution < 1.29 is 18.0 Å². The summed E-state index contributed by atoms with van der Waals surface area (Å²) in [4.78, 5) is 12.2. The zero-order valence-corrected chi connectivity index (χ0v) is 16.0. The zero-order valence-electron chi connectivity index (χ0n) is 15.2. The van der Waals surface area contributed by atoms with Crippen LogP contribution in [0.2, 0.25) is 5.02 Å². The van der Waals surface area contributed by atoms with Gasteiger partial charge in [-0.3, -0.25) is 0 Å². The van der Waals surface area contributed by atoms with E-state index in [1.807, 2.05) is 18.2 Å². The molecule has 4 rings (SSSR count). The number of halogens is 3. The van der Waals surface area contributed by atoms with Crippen LogP contribution in [0.1, 0.15) is 0 Å². The molecule has 0 radical (unpaired) electrons. The van der Waals surface area contributed by atoms with Crippen molar-refractivity contribution in [1.29, 1.82) is 0 Å². The van der Waals surface area contributed by atoms with E-state index in [1.165, 1.54) is 30.3 Å². The lowest BCUT2D eigenvalue weighted by molar-refractivity contribution is 0.262. The largest absolute Gasteiger partial charge is 0.416 e. The van der Waals surface area contributed by atoms with Crippen LogP contribution in [0.3, 0.4) is 0 Å². The molecule has 0 fully saturated rings. The van der Waals surface area contributed by atoms with Crippen molar-refractivity contribution in [1.82, 2.24) is 10.2 Å². The molecular weight excluding hydrogens is 414 g/mol. The van der Waals surface area contributed by atoms with Gasteiger partial charge in [0.2, 0.25) is 5.89 Å². The average molecular weight is 427 g/mol. The van der Waals surface area contributed by atoms with E-state index in [2.05, 4.69) is 20.8 Å². The van der Waals surface area contributed by atoms with Crippen LogP contribution in [0.15, 0.2) is 71.1 Å². The third-order valence-corrected chi connectivity index (χ3v) is 4.37. The normalized spacial score (nSPS) is 10.6. The maximum atomic E-state index is 14.3. The fraction of sp³-hybridized carbons (Fsp3) is 0. The van der Waals surface area contributed by atoms with Gasteiger partial charge in [-0.05, 0) is 48.5 Å². The molecule has 30 heavy (non-hydrogen) atoms. The Morgan fingerprint density at radius 3 is 2.17 bits per heavy atom. The highest BCUT2D eigenvalue weighted by Gasteiger charge is 2.16. The van der Waals surface area contributed by atoms with Gasteiger partial charge in [0.25, 0.3) is 5.89 Å². The second-order valence-corrected chi connectivity index (χ2v) is 6.59. The van der Waals surface area contributed by atoms with E-state index in [1.54, 1.807) is 12.1 Å². The van der Waals surface area contributed by atoms with Gasteiger partial charge in [-0.15, -0.1) is 10.2 Å². The molecule has 0 aliphatic rings. The third-order valence-electron chi connectivity index (χ3n) is 4.08. The molecule has 0 aliphatic carbocycles. The summed E-state index contributed by atoms with van der Waals surface area (Å²) < 4.78 is 33.1. The van der Waals surface area contributed by atoms with Crippen molar-refractivity contribution >= 4 is 29.0 Å². The maximum absolute atomic E-state index is 14.3. The van der Waals surface area contributed by atoms with Gasteiger partial charge in [0, 0.05) is 16.9 Å². The van der Waals surface area contributed by atoms with E-state index in [0.29, 0.717) is 11.3 Å². The molecule has 9 heteroatoms. The Kier molecular flexibility index (Phi) is 5.40. The number of nitrogens with zero attached hydrogens (tertiary/aromatic N) is 2. The number of rotatable bonds is 4. The Hall–Kier alpha value is -3.78. The quantitative estimate of drug-likeness (QED) is 0.420. The zero-order chi connectivity index (χ0) is 21.1. The van der Waals surface area contributed by atoms with Crippen molar-refractivity contribution in [2.45, 2.75) is 0 Å². The first-order chi connectivity index (χ1) is 14.5. The Morgan fingerprint density at radius 1 is 0.833 bits per heavy atom. The maximum Gasteiger partial charge on any atom is 0.323 e. The number of benzene rings is 3. The van der Waals surface area contributed by atoms with Crippen LogP contribution in [-0.4, -0.2) is 16.2 Å². The fourth-order valence-corrected chi connectivity index (χ4v) is 2.84. The summed E-state index contributed by atoms with van der Waals surface area (Å²) in [6.07, 6.45) is 0. The lowest BCUT2D eigenvalue weighted by Crippen LogP contribution is -2.19. The first-order valence-corrected chi connectivity index (χ1v) is 9.09. The van der Waals surface area contributed by atoms with E-state index in [4.69, 9.17) is 16.0 Å². The lowest BCUT2D eigenvalue weighted by Gasteiger charge is -2.09. The Balaban J connectivity index is 1.53. The molecule has 150 valence electrons. The van der Waals surface area contributed by atoms with Crippen LogP contribution >= 0.6 is 11.6 Å². The third kappa shape index (κ3) is 4.28. The number of hydrogen-bond acceptors (Lipinski definition) is 4. The number of hydrogen-bond donors (Lipinski definition) is 2. The molecule has 1 heterocycles. The van der Waals surface area contributed by atoms with E-state index < -0.39 is 17.7 Å². The lowest BCUT2D eigenvalue weighted by atomic mass is 10.2. The molecule has 2 amide bonds. The predicted molar refractivity (Wildman–Crippen MR) is 109 cm³/mol. The van der Waals surface area contributed by atoms with Gasteiger partial charge < -0.3 is 15.1 Å². The van der Waals surface area contributed by atoms with Gasteiger partial charge in [0.15, 0.2) is 0 Å². The van der Waals surface area contributed by atoms with Crippen molar-refractivity contribution in [2.75, 3.05) is 10.6 Å². The SMILES string of the molecule is O=C(Nc1ccc(F)c(Cl)c1)Nc1ccc(F)c(-c2nnc(-c3ccccc3)o2)c1. The number of urea groups is 1. The second kappa shape index (κ2) is 8.30. The minimum atomic E-state index is -0.620. The highest BCUT2D eigenvalue weighted by atomic mass is 35.5. The summed E-state index contributed by atoms with van der Waals surface area (Å²) in [5.74, 6) is -0.968. The highest BCUT2D eigenvalue weighted by Crippen LogP contribution is 2.28. The van der Waals surface area contributed by atoms with Gasteiger partial charge in [-0.2, -0.15) is 0 Å². The molecule has 0 unspecified atom stereocenters. The topological polar surface area (TPSA) is 80.0 Å². The number of anilines is 2. The molecule has 0 saturated carbocycles. The van der Waals surface area contributed by atoms with Crippen molar-refractivity contribution in [3.05, 3.63) is 83.4 Å². The van der Waals surface area contributed by atoms with Crippen molar-refractivity contribution in [3.63, 3.8) is 0 Å². The number of amides is 2. The van der Waals surface area contributed by atoms with E-state index in [9.17, 15) is 13.6 Å². The van der Waals surface area contributed by atoms with E-state index in [-0.39, 0.29) is 28.1 Å². The van der Waals surface area contributed by atoms with Crippen LogP contribution in [0.25, 0.3) is 22.9 Å². The molecule has 4 aromatic rings. The summed E-state index contributed by atoms with van der Waals surface area (Å²) in [5, 5.41) is 12.8. The van der Waals surface area contributed by atoms with Crippen molar-refractivity contribution in [2.24, 2.45) is 0 Å². The molecule has 0 saturated heterocycles. The van der Waals surface area contributed by atoms with E-state index >= 15 is 0 Å². The van der Waals surface area contributed by atoms with E-state index in [0.717, 1.165) is 6.07 Å². The molecule has 0 bridgehead atoms. The van der Waals surface area contributed by atoms with Crippen LogP contribution in [0.4, 0.5) is 25.0 Å². The Morgan fingerprint density at radius 2 is 1.47 bits per heavy atom. The summed E-state index contributed by atoms with van der Waals surface area (Å²) in [6, 6.07) is 16.1. The molecule has 0 spiro atoms. The Bertz CT molecular complexity index is 1210. The molecule has 1 aromatic heterocycles. The standard InChI is InChI=1S/C21H13ClF2N4O2/c22-16-11-14(7-9-18(16)24)26-21(29)25-13-6-8-17(23)15(10-13)20-28-27-19(30-20)12-4-2-1-3-5-12/h1-11H,(H2,25,26,29). The molecule has 0 aliphatic heterocycles.